The average Bonchev–Trinajstić information content (AvgIpc) is 3.45. The van der Waals surface area contributed by atoms with Gasteiger partial charge < -0.3 is 19.3 Å². The van der Waals surface area contributed by atoms with Crippen molar-refractivity contribution in [3.8, 4) is 11.5 Å². The Morgan fingerprint density at radius 1 is 1.00 bits per heavy atom. The number of rotatable bonds is 10. The summed E-state index contributed by atoms with van der Waals surface area (Å²) in [6.07, 6.45) is 4.50. The Hall–Kier alpha value is -2.82. The highest BCUT2D eigenvalue weighted by Crippen LogP contribution is 2.42. The lowest BCUT2D eigenvalue weighted by molar-refractivity contribution is 0.198. The zero-order valence-electron chi connectivity index (χ0n) is 24.1. The lowest BCUT2D eigenvalue weighted by Gasteiger charge is -2.30. The van der Waals surface area contributed by atoms with Crippen LogP contribution in [0.3, 0.4) is 0 Å². The number of hydrogen-bond acceptors (Lipinski definition) is 7. The van der Waals surface area contributed by atoms with Crippen molar-refractivity contribution >= 4 is 35.1 Å². The Labute approximate surface area is 254 Å². The summed E-state index contributed by atoms with van der Waals surface area (Å²) in [7, 11) is 5.22. The highest BCUT2D eigenvalue weighted by atomic mass is 35.5. The molecule has 2 fully saturated rings. The van der Waals surface area contributed by atoms with Crippen LogP contribution in [0.25, 0.3) is 0 Å². The third-order valence-electron chi connectivity index (χ3n) is 8.19. The first-order valence-corrected chi connectivity index (χ1v) is 15.3. The van der Waals surface area contributed by atoms with Crippen LogP contribution in [-0.4, -0.2) is 57.3 Å². The summed E-state index contributed by atoms with van der Waals surface area (Å²) >= 11 is 7.35. The van der Waals surface area contributed by atoms with Gasteiger partial charge >= 0.3 is 0 Å². The van der Waals surface area contributed by atoms with Crippen molar-refractivity contribution in [1.29, 1.82) is 0 Å². The molecular formula is C31H36ClF3N4O2S. The van der Waals surface area contributed by atoms with Crippen molar-refractivity contribution in [1.82, 2.24) is 9.88 Å². The normalized spacial score (nSPS) is 18.0. The first-order valence-electron chi connectivity index (χ1n) is 14.2. The van der Waals surface area contributed by atoms with E-state index in [9.17, 15) is 4.39 Å². The van der Waals surface area contributed by atoms with Crippen molar-refractivity contribution < 1.29 is 22.6 Å². The molecule has 6 nitrogen and oxygen atoms in total. The monoisotopic (exact) mass is 620 g/mol. The zero-order valence-corrected chi connectivity index (χ0v) is 25.7. The topological polar surface area (TPSA) is 41.1 Å². The van der Waals surface area contributed by atoms with E-state index in [2.05, 4.69) is 16.9 Å². The predicted octanol–water partition coefficient (Wildman–Crippen LogP) is 7.44. The molecule has 0 amide bonds. The van der Waals surface area contributed by atoms with Gasteiger partial charge in [0.1, 0.15) is 33.1 Å². The van der Waals surface area contributed by atoms with E-state index < -0.39 is 17.6 Å². The average molecular weight is 621 g/mol. The first-order chi connectivity index (χ1) is 20.2. The van der Waals surface area contributed by atoms with Gasteiger partial charge in [-0.05, 0) is 93.9 Å². The molecule has 2 aliphatic heterocycles. The molecule has 1 aromatic heterocycles. The van der Waals surface area contributed by atoms with E-state index in [4.69, 9.17) is 21.1 Å². The van der Waals surface area contributed by atoms with Gasteiger partial charge in [0, 0.05) is 30.8 Å². The van der Waals surface area contributed by atoms with Gasteiger partial charge in [-0.1, -0.05) is 17.7 Å². The number of pyridine rings is 1. The molecule has 3 heterocycles. The van der Waals surface area contributed by atoms with Crippen molar-refractivity contribution in [2.24, 2.45) is 11.8 Å². The molecule has 0 saturated carbocycles. The standard InChI is InChI=1S/C31H36ClF3N4O2S/c1-37-12-9-20(10-13-37)15-21-11-14-38(18-21)25-17-24(33)31(30(35)29(25)32)42-39(28-6-4-5-27(34)36-28)19-22-7-8-23(40-2)16-26(22)41-3/h4-8,16-17,20-21H,9-15,18-19H2,1-3H3. The molecule has 0 N–H and O–H groups in total. The quantitative estimate of drug-likeness (QED) is 0.133. The molecule has 5 rings (SSSR count). The minimum atomic E-state index is -0.849. The third-order valence-corrected chi connectivity index (χ3v) is 9.65. The number of methoxy groups -OCH3 is 2. The van der Waals surface area contributed by atoms with Crippen molar-refractivity contribution in [2.75, 3.05) is 56.7 Å². The van der Waals surface area contributed by atoms with Crippen LogP contribution >= 0.6 is 23.5 Å². The van der Waals surface area contributed by atoms with Crippen LogP contribution in [0, 0.1) is 29.4 Å². The molecule has 1 unspecified atom stereocenters. The van der Waals surface area contributed by atoms with E-state index in [1.807, 2.05) is 4.90 Å². The molecule has 226 valence electrons. The highest BCUT2D eigenvalue weighted by Gasteiger charge is 2.31. The third kappa shape index (κ3) is 7.03. The minimum Gasteiger partial charge on any atom is -0.497 e. The molecule has 2 saturated heterocycles. The number of aromatic nitrogens is 1. The summed E-state index contributed by atoms with van der Waals surface area (Å²) < 4.78 is 57.9. The lowest BCUT2D eigenvalue weighted by atomic mass is 9.87. The number of benzene rings is 2. The zero-order chi connectivity index (χ0) is 29.8. The number of nitrogens with zero attached hydrogens (tertiary/aromatic N) is 4. The number of anilines is 2. The van der Waals surface area contributed by atoms with Gasteiger partial charge in [0.2, 0.25) is 5.95 Å². The van der Waals surface area contributed by atoms with Crippen LogP contribution in [0.5, 0.6) is 11.5 Å². The van der Waals surface area contributed by atoms with E-state index in [0.717, 1.165) is 44.4 Å². The van der Waals surface area contributed by atoms with E-state index in [-0.39, 0.29) is 22.3 Å². The van der Waals surface area contributed by atoms with Crippen LogP contribution in [0.2, 0.25) is 5.02 Å². The molecule has 1 atom stereocenters. The Bertz CT molecular complexity index is 1390. The van der Waals surface area contributed by atoms with E-state index >= 15 is 8.78 Å². The number of piperidine rings is 1. The summed E-state index contributed by atoms with van der Waals surface area (Å²) in [5, 5.41) is -0.118. The number of likely N-dealkylation sites (tertiary alicyclic amines) is 1. The molecular weight excluding hydrogens is 585 g/mol. The number of hydrogen-bond donors (Lipinski definition) is 0. The number of ether oxygens (including phenoxy) is 2. The van der Waals surface area contributed by atoms with Crippen LogP contribution in [0.15, 0.2) is 47.4 Å². The van der Waals surface area contributed by atoms with Crippen molar-refractivity contribution in [3.05, 3.63) is 70.6 Å². The number of halogens is 4. The van der Waals surface area contributed by atoms with Crippen LogP contribution in [-0.2, 0) is 6.54 Å². The summed E-state index contributed by atoms with van der Waals surface area (Å²) in [5.41, 5.74) is 1.06. The summed E-state index contributed by atoms with van der Waals surface area (Å²) in [4.78, 5) is 8.03. The van der Waals surface area contributed by atoms with Crippen molar-refractivity contribution in [3.63, 3.8) is 0 Å². The fourth-order valence-corrected chi connectivity index (χ4v) is 7.11. The maximum Gasteiger partial charge on any atom is 0.214 e. The smallest absolute Gasteiger partial charge is 0.214 e. The molecule has 2 aromatic carbocycles. The van der Waals surface area contributed by atoms with Crippen LogP contribution in [0.1, 0.15) is 31.2 Å². The second kappa shape index (κ2) is 13.7. The maximum atomic E-state index is 15.8. The summed E-state index contributed by atoms with van der Waals surface area (Å²) in [5.74, 6) is 0.163. The second-order valence-electron chi connectivity index (χ2n) is 11.0. The Balaban J connectivity index is 1.37. The Kier molecular flexibility index (Phi) is 9.96. The van der Waals surface area contributed by atoms with Gasteiger partial charge in [0.05, 0.1) is 26.5 Å². The molecule has 3 aromatic rings. The van der Waals surface area contributed by atoms with Crippen LogP contribution < -0.4 is 18.7 Å². The molecule has 0 aliphatic carbocycles. The van der Waals surface area contributed by atoms with Gasteiger partial charge in [-0.25, -0.2) is 13.8 Å². The maximum absolute atomic E-state index is 15.8. The fraction of sp³-hybridized carbons (Fsp3) is 0.452. The minimum absolute atomic E-state index is 0.108. The van der Waals surface area contributed by atoms with Gasteiger partial charge in [0.15, 0.2) is 5.82 Å². The van der Waals surface area contributed by atoms with Gasteiger partial charge in [-0.2, -0.15) is 4.39 Å². The highest BCUT2D eigenvalue weighted by molar-refractivity contribution is 8.00. The van der Waals surface area contributed by atoms with E-state index in [1.54, 1.807) is 31.4 Å². The molecule has 0 spiro atoms. The molecule has 11 heteroatoms. The molecule has 2 aliphatic rings. The molecule has 42 heavy (non-hydrogen) atoms. The van der Waals surface area contributed by atoms with Gasteiger partial charge in [0.25, 0.3) is 0 Å². The van der Waals surface area contributed by atoms with Crippen LogP contribution in [0.4, 0.5) is 24.7 Å². The van der Waals surface area contributed by atoms with Gasteiger partial charge in [-0.3, -0.25) is 4.31 Å². The first kappa shape index (κ1) is 30.6. The van der Waals surface area contributed by atoms with Crippen molar-refractivity contribution in [2.45, 2.75) is 37.1 Å². The lowest BCUT2D eigenvalue weighted by Crippen LogP contribution is -2.31. The van der Waals surface area contributed by atoms with E-state index in [1.165, 1.54) is 42.5 Å². The largest absolute Gasteiger partial charge is 0.497 e. The summed E-state index contributed by atoms with van der Waals surface area (Å²) in [6.45, 7) is 3.79. The Morgan fingerprint density at radius 3 is 2.48 bits per heavy atom. The summed E-state index contributed by atoms with van der Waals surface area (Å²) in [6, 6.07) is 10.8. The fourth-order valence-electron chi connectivity index (χ4n) is 5.84. The predicted molar refractivity (Wildman–Crippen MR) is 162 cm³/mol. The molecule has 0 bridgehead atoms. The van der Waals surface area contributed by atoms with Gasteiger partial charge in [-0.15, -0.1) is 0 Å². The molecule has 0 radical (unpaired) electrons. The SMILES string of the molecule is COc1ccc(CN(Sc2c(F)cc(N3CCC(CC4CCN(C)CC4)C3)c(Cl)c2F)c2cccc(F)n2)c(OC)c1. The Morgan fingerprint density at radius 2 is 1.76 bits per heavy atom. The second-order valence-corrected chi connectivity index (χ2v) is 12.5. The van der Waals surface area contributed by atoms with E-state index in [0.29, 0.717) is 41.1 Å².